The fourth-order valence-corrected chi connectivity index (χ4v) is 3.39. The van der Waals surface area contributed by atoms with Crippen molar-refractivity contribution in [3.05, 3.63) is 58.4 Å². The van der Waals surface area contributed by atoms with Crippen molar-refractivity contribution >= 4 is 39.8 Å². The van der Waals surface area contributed by atoms with Gasteiger partial charge in [0.2, 0.25) is 0 Å². The summed E-state index contributed by atoms with van der Waals surface area (Å²) in [5.41, 5.74) is 1.99. The zero-order valence-electron chi connectivity index (χ0n) is 15.2. The van der Waals surface area contributed by atoms with E-state index >= 15 is 0 Å². The largest absolute Gasteiger partial charge is 0.493 e. The molecule has 1 amide bonds. The van der Waals surface area contributed by atoms with Crippen molar-refractivity contribution in [2.45, 2.75) is 6.92 Å². The second-order valence-corrected chi connectivity index (χ2v) is 7.04. The topological polar surface area (TPSA) is 77.5 Å². The normalized spacial score (nSPS) is 10.4. The lowest BCUT2D eigenvalue weighted by Gasteiger charge is -2.11. The molecule has 2 aromatic carbocycles. The van der Waals surface area contributed by atoms with E-state index in [1.54, 1.807) is 24.3 Å². The van der Waals surface area contributed by atoms with Gasteiger partial charge in [-0.2, -0.15) is 0 Å². The van der Waals surface area contributed by atoms with E-state index < -0.39 is 0 Å². The van der Waals surface area contributed by atoms with Crippen molar-refractivity contribution in [3.63, 3.8) is 0 Å². The van der Waals surface area contributed by atoms with Gasteiger partial charge >= 0.3 is 0 Å². The summed E-state index contributed by atoms with van der Waals surface area (Å²) < 4.78 is 10.7. The number of anilines is 1. The maximum absolute atomic E-state index is 12.2. The number of rotatable bonds is 7. The van der Waals surface area contributed by atoms with E-state index in [9.17, 15) is 9.59 Å². The van der Waals surface area contributed by atoms with E-state index in [1.165, 1.54) is 25.4 Å². The first-order valence-electron chi connectivity index (χ1n) is 8.30. The number of amides is 1. The van der Waals surface area contributed by atoms with Crippen LogP contribution in [0.15, 0.2) is 47.8 Å². The third-order valence-corrected chi connectivity index (χ3v) is 4.92. The van der Waals surface area contributed by atoms with Crippen LogP contribution in [0, 0.1) is 0 Å². The Balaban J connectivity index is 1.63. The zero-order chi connectivity index (χ0) is 20.1. The van der Waals surface area contributed by atoms with Crippen LogP contribution in [-0.4, -0.2) is 30.4 Å². The molecule has 1 N–H and O–H groups in total. The highest BCUT2D eigenvalue weighted by atomic mass is 35.5. The summed E-state index contributed by atoms with van der Waals surface area (Å²) in [4.78, 5) is 28.0. The lowest BCUT2D eigenvalue weighted by atomic mass is 10.1. The van der Waals surface area contributed by atoms with Gasteiger partial charge in [0.25, 0.3) is 5.91 Å². The van der Waals surface area contributed by atoms with Crippen molar-refractivity contribution in [2.75, 3.05) is 19.0 Å². The summed E-state index contributed by atoms with van der Waals surface area (Å²) in [5.74, 6) is 0.313. The molecule has 144 valence electrons. The Morgan fingerprint density at radius 3 is 2.68 bits per heavy atom. The van der Waals surface area contributed by atoms with E-state index in [0.717, 1.165) is 5.56 Å². The molecule has 3 rings (SSSR count). The zero-order valence-corrected chi connectivity index (χ0v) is 16.8. The average molecular weight is 417 g/mol. The molecule has 28 heavy (non-hydrogen) atoms. The molecule has 0 fully saturated rings. The van der Waals surface area contributed by atoms with Gasteiger partial charge in [0.05, 0.1) is 12.8 Å². The van der Waals surface area contributed by atoms with Crippen molar-refractivity contribution in [2.24, 2.45) is 0 Å². The molecule has 0 spiro atoms. The number of methoxy groups -OCH3 is 1. The Hall–Kier alpha value is -2.90. The van der Waals surface area contributed by atoms with Crippen LogP contribution in [0.3, 0.4) is 0 Å². The number of ketones is 1. The van der Waals surface area contributed by atoms with E-state index in [2.05, 4.69) is 10.3 Å². The molecule has 1 heterocycles. The minimum Gasteiger partial charge on any atom is -0.493 e. The van der Waals surface area contributed by atoms with Gasteiger partial charge in [-0.3, -0.25) is 14.9 Å². The summed E-state index contributed by atoms with van der Waals surface area (Å²) in [7, 11) is 1.47. The average Bonchev–Trinajstić information content (AvgIpc) is 3.14. The summed E-state index contributed by atoms with van der Waals surface area (Å²) in [6, 6.07) is 12.2. The quantitative estimate of drug-likeness (QED) is 0.565. The maximum Gasteiger partial charge on any atom is 0.264 e. The molecule has 0 unspecified atom stereocenters. The molecule has 0 aliphatic rings. The summed E-state index contributed by atoms with van der Waals surface area (Å²) >= 11 is 7.47. The Labute approximate surface area is 171 Å². The molecule has 0 aliphatic heterocycles. The Bertz CT molecular complexity index is 1020. The predicted molar refractivity (Wildman–Crippen MR) is 110 cm³/mol. The van der Waals surface area contributed by atoms with Crippen LogP contribution in [0.25, 0.3) is 11.3 Å². The number of nitrogens with zero attached hydrogens (tertiary/aromatic N) is 1. The lowest BCUT2D eigenvalue weighted by molar-refractivity contribution is -0.118. The van der Waals surface area contributed by atoms with E-state index in [0.29, 0.717) is 32.9 Å². The number of carbonyl (C=O) groups is 2. The van der Waals surface area contributed by atoms with Crippen LogP contribution in [0.1, 0.15) is 17.3 Å². The van der Waals surface area contributed by atoms with E-state index in [4.69, 9.17) is 21.1 Å². The Morgan fingerprint density at radius 1 is 1.18 bits per heavy atom. The van der Waals surface area contributed by atoms with Crippen LogP contribution < -0.4 is 14.8 Å². The third-order valence-electron chi connectivity index (χ3n) is 3.83. The highest BCUT2D eigenvalue weighted by molar-refractivity contribution is 7.14. The van der Waals surface area contributed by atoms with E-state index in [1.807, 2.05) is 23.6 Å². The molecule has 8 heteroatoms. The Morgan fingerprint density at radius 2 is 1.96 bits per heavy atom. The lowest BCUT2D eigenvalue weighted by Crippen LogP contribution is -2.20. The van der Waals surface area contributed by atoms with Gasteiger partial charge in [-0.15, -0.1) is 11.3 Å². The third kappa shape index (κ3) is 4.68. The van der Waals surface area contributed by atoms with Gasteiger partial charge in [-0.05, 0) is 31.2 Å². The number of thiazole rings is 1. The second kappa shape index (κ2) is 8.86. The van der Waals surface area contributed by atoms with Crippen molar-refractivity contribution in [3.8, 4) is 22.8 Å². The molecule has 0 bridgehead atoms. The number of aromatic nitrogens is 1. The maximum atomic E-state index is 12.2. The number of hydrogen-bond donors (Lipinski definition) is 1. The van der Waals surface area contributed by atoms with Crippen molar-refractivity contribution in [1.82, 2.24) is 4.98 Å². The van der Waals surface area contributed by atoms with E-state index in [-0.39, 0.29) is 18.3 Å². The molecule has 1 aromatic heterocycles. The van der Waals surface area contributed by atoms with Gasteiger partial charge in [0.1, 0.15) is 0 Å². The van der Waals surface area contributed by atoms with Crippen LogP contribution in [-0.2, 0) is 4.79 Å². The first-order valence-corrected chi connectivity index (χ1v) is 9.55. The number of halogens is 1. The molecule has 0 saturated carbocycles. The van der Waals surface area contributed by atoms with Gasteiger partial charge in [-0.25, -0.2) is 4.98 Å². The first kappa shape index (κ1) is 19.9. The number of benzene rings is 2. The van der Waals surface area contributed by atoms with Crippen LogP contribution in [0.5, 0.6) is 11.5 Å². The fourth-order valence-electron chi connectivity index (χ4n) is 2.43. The molecule has 0 aliphatic carbocycles. The monoisotopic (exact) mass is 416 g/mol. The molecule has 0 atom stereocenters. The molecule has 6 nitrogen and oxygen atoms in total. The Kier molecular flexibility index (Phi) is 6.28. The summed E-state index contributed by atoms with van der Waals surface area (Å²) in [6.45, 7) is 1.24. The minimum atomic E-state index is -0.363. The minimum absolute atomic E-state index is 0.0827. The molecular formula is C20H17ClN2O4S. The standard InChI is InChI=1S/C20H17ClN2O4S/c1-12(24)13-7-8-17(18(9-13)26-2)27-10-19(25)23-20-22-16(11-28-20)14-5-3-4-6-15(14)21/h3-9,11H,10H2,1-2H3,(H,22,23,25). The molecule has 3 aromatic rings. The van der Waals surface area contributed by atoms with Gasteiger partial charge in [0, 0.05) is 21.5 Å². The summed E-state index contributed by atoms with van der Waals surface area (Å²) in [5, 5.41) is 5.55. The first-order chi connectivity index (χ1) is 13.5. The second-order valence-electron chi connectivity index (χ2n) is 5.78. The molecular weight excluding hydrogens is 400 g/mol. The number of Topliss-reactive ketones (excluding diaryl/α,β-unsaturated/α-hetero) is 1. The van der Waals surface area contributed by atoms with Crippen molar-refractivity contribution < 1.29 is 19.1 Å². The SMILES string of the molecule is COc1cc(C(C)=O)ccc1OCC(=O)Nc1nc(-c2ccccc2Cl)cs1. The number of carbonyl (C=O) groups excluding carboxylic acids is 2. The smallest absolute Gasteiger partial charge is 0.264 e. The van der Waals surface area contributed by atoms with Crippen LogP contribution in [0.2, 0.25) is 5.02 Å². The van der Waals surface area contributed by atoms with Crippen LogP contribution in [0.4, 0.5) is 5.13 Å². The highest BCUT2D eigenvalue weighted by Gasteiger charge is 2.13. The molecule has 0 saturated heterocycles. The van der Waals surface area contributed by atoms with Gasteiger partial charge < -0.3 is 9.47 Å². The van der Waals surface area contributed by atoms with Gasteiger partial charge in [0.15, 0.2) is 29.0 Å². The molecule has 0 radical (unpaired) electrons. The fraction of sp³-hybridized carbons (Fsp3) is 0.150. The van der Waals surface area contributed by atoms with Gasteiger partial charge in [-0.1, -0.05) is 29.8 Å². The predicted octanol–water partition coefficient (Wildman–Crippen LogP) is 4.69. The van der Waals surface area contributed by atoms with Crippen LogP contribution >= 0.6 is 22.9 Å². The number of nitrogens with one attached hydrogen (secondary N) is 1. The summed E-state index contributed by atoms with van der Waals surface area (Å²) in [6.07, 6.45) is 0. The number of ether oxygens (including phenoxy) is 2. The number of hydrogen-bond acceptors (Lipinski definition) is 6. The van der Waals surface area contributed by atoms with Crippen molar-refractivity contribution in [1.29, 1.82) is 0 Å². The highest BCUT2D eigenvalue weighted by Crippen LogP contribution is 2.31.